The van der Waals surface area contributed by atoms with Gasteiger partial charge in [0.1, 0.15) is 0 Å². The van der Waals surface area contributed by atoms with E-state index in [2.05, 4.69) is 5.32 Å². The van der Waals surface area contributed by atoms with Crippen LogP contribution in [0.4, 0.5) is 0 Å². The molecule has 2 fully saturated rings. The minimum absolute atomic E-state index is 0.0161. The van der Waals surface area contributed by atoms with E-state index in [1.165, 1.54) is 0 Å². The summed E-state index contributed by atoms with van der Waals surface area (Å²) in [6.45, 7) is 0.0725. The summed E-state index contributed by atoms with van der Waals surface area (Å²) in [5.74, 6) is -1.09. The molecule has 4 rings (SSSR count). The molecule has 2 bridgehead atoms. The highest BCUT2D eigenvalue weighted by Crippen LogP contribution is 2.63. The van der Waals surface area contributed by atoms with Crippen molar-refractivity contribution in [2.24, 2.45) is 35.5 Å². The largest absolute Gasteiger partial charge is 0.481 e. The second kappa shape index (κ2) is 4.09. The number of nitrogens with one attached hydrogen (secondary N) is 1. The molecule has 5 heteroatoms. The van der Waals surface area contributed by atoms with Gasteiger partial charge in [-0.25, -0.2) is 0 Å². The fraction of sp³-hybridized carbons (Fsp3) is 0.692. The number of carbonyl (C=O) groups excluding carboxylic acids is 1. The standard InChI is InChI=1S/C13H17NO4/c15-4-3-14-12(16)10-6-1-2-7(9-5-8(6)9)11(10)13(17)18/h1-2,6-11,15H,3-5H2,(H,14,16)(H,17,18)/t6-,7-,8+,9+,10-,11+/m0/s1. The fourth-order valence-electron chi connectivity index (χ4n) is 3.87. The van der Waals surface area contributed by atoms with Crippen LogP contribution in [0.1, 0.15) is 6.42 Å². The van der Waals surface area contributed by atoms with Crippen molar-refractivity contribution in [3.05, 3.63) is 12.2 Å². The summed E-state index contributed by atoms with van der Waals surface area (Å²) < 4.78 is 0. The molecule has 98 valence electrons. The number of carboxylic acids is 1. The van der Waals surface area contributed by atoms with Gasteiger partial charge in [-0.2, -0.15) is 0 Å². The Kier molecular flexibility index (Phi) is 2.66. The van der Waals surface area contributed by atoms with E-state index in [0.29, 0.717) is 11.8 Å². The lowest BCUT2D eigenvalue weighted by Crippen LogP contribution is -2.50. The number of carboxylic acid groups (broad SMARTS) is 1. The van der Waals surface area contributed by atoms with Crippen LogP contribution in [0.5, 0.6) is 0 Å². The van der Waals surface area contributed by atoms with Gasteiger partial charge in [-0.3, -0.25) is 9.59 Å². The third-order valence-electron chi connectivity index (χ3n) is 4.65. The molecule has 0 spiro atoms. The van der Waals surface area contributed by atoms with E-state index in [0.717, 1.165) is 6.42 Å². The molecule has 3 N–H and O–H groups in total. The van der Waals surface area contributed by atoms with Gasteiger partial charge in [-0.1, -0.05) is 12.2 Å². The molecule has 0 aromatic heterocycles. The normalized spacial score (nSPS) is 43.4. The molecule has 0 aliphatic heterocycles. The maximum Gasteiger partial charge on any atom is 0.307 e. The van der Waals surface area contributed by atoms with Crippen LogP contribution in [0.3, 0.4) is 0 Å². The Morgan fingerprint density at radius 1 is 1.17 bits per heavy atom. The number of aliphatic hydroxyl groups is 1. The average molecular weight is 251 g/mol. The van der Waals surface area contributed by atoms with Crippen molar-refractivity contribution >= 4 is 11.9 Å². The first kappa shape index (κ1) is 11.7. The average Bonchev–Trinajstić information content (AvgIpc) is 3.16. The van der Waals surface area contributed by atoms with Crippen molar-refractivity contribution in [1.29, 1.82) is 0 Å². The van der Waals surface area contributed by atoms with Crippen LogP contribution >= 0.6 is 0 Å². The predicted molar refractivity (Wildman–Crippen MR) is 62.4 cm³/mol. The van der Waals surface area contributed by atoms with Crippen LogP contribution in [-0.4, -0.2) is 35.2 Å². The minimum Gasteiger partial charge on any atom is -0.481 e. The lowest BCUT2D eigenvalue weighted by atomic mass is 9.62. The number of carbonyl (C=O) groups is 2. The van der Waals surface area contributed by atoms with Crippen LogP contribution in [0.2, 0.25) is 0 Å². The number of amides is 1. The number of aliphatic hydroxyl groups excluding tert-OH is 1. The second-order valence-corrected chi connectivity index (χ2v) is 5.51. The summed E-state index contributed by atoms with van der Waals surface area (Å²) >= 11 is 0. The van der Waals surface area contributed by atoms with E-state index in [4.69, 9.17) is 5.11 Å². The van der Waals surface area contributed by atoms with Gasteiger partial charge in [0, 0.05) is 6.54 Å². The first-order chi connectivity index (χ1) is 8.65. The Balaban J connectivity index is 1.84. The molecular formula is C13H17NO4. The molecule has 18 heavy (non-hydrogen) atoms. The quantitative estimate of drug-likeness (QED) is 0.607. The Morgan fingerprint density at radius 3 is 2.33 bits per heavy atom. The van der Waals surface area contributed by atoms with Gasteiger partial charge < -0.3 is 15.5 Å². The summed E-state index contributed by atoms with van der Waals surface area (Å²) in [6.07, 6.45) is 5.07. The molecule has 5 nitrogen and oxygen atoms in total. The molecule has 0 aromatic rings. The Bertz CT molecular complexity index is 419. The maximum absolute atomic E-state index is 12.1. The number of fused-ring (bicyclic) bond motifs is 1. The molecule has 0 aromatic carbocycles. The van der Waals surface area contributed by atoms with Crippen molar-refractivity contribution in [3.8, 4) is 0 Å². The summed E-state index contributed by atoms with van der Waals surface area (Å²) in [6, 6.07) is 0. The maximum atomic E-state index is 12.1. The van der Waals surface area contributed by atoms with E-state index in [1.54, 1.807) is 0 Å². The van der Waals surface area contributed by atoms with Crippen LogP contribution in [-0.2, 0) is 9.59 Å². The van der Waals surface area contributed by atoms with Gasteiger partial charge in [0.15, 0.2) is 0 Å². The number of aliphatic carboxylic acids is 1. The molecule has 0 radical (unpaired) electrons. The summed E-state index contributed by atoms with van der Waals surface area (Å²) in [4.78, 5) is 23.5. The smallest absolute Gasteiger partial charge is 0.307 e. The molecule has 0 heterocycles. The van der Waals surface area contributed by atoms with Crippen LogP contribution in [0, 0.1) is 35.5 Å². The monoisotopic (exact) mass is 251 g/mol. The van der Waals surface area contributed by atoms with Crippen molar-refractivity contribution in [2.45, 2.75) is 6.42 Å². The highest BCUT2D eigenvalue weighted by molar-refractivity contribution is 5.86. The van der Waals surface area contributed by atoms with E-state index < -0.39 is 17.8 Å². The zero-order chi connectivity index (χ0) is 12.9. The third kappa shape index (κ3) is 1.57. The highest BCUT2D eigenvalue weighted by Gasteiger charge is 2.62. The van der Waals surface area contributed by atoms with Crippen molar-refractivity contribution in [2.75, 3.05) is 13.2 Å². The number of hydrogen-bond donors (Lipinski definition) is 3. The van der Waals surface area contributed by atoms with E-state index in [1.807, 2.05) is 12.2 Å². The molecule has 6 atom stereocenters. The molecule has 2 saturated carbocycles. The number of hydrogen-bond acceptors (Lipinski definition) is 3. The van der Waals surface area contributed by atoms with Gasteiger partial charge in [-0.05, 0) is 30.1 Å². The molecule has 1 amide bonds. The molecule has 4 aliphatic carbocycles. The van der Waals surface area contributed by atoms with Crippen LogP contribution < -0.4 is 5.32 Å². The lowest BCUT2D eigenvalue weighted by Gasteiger charge is -2.41. The fourth-order valence-corrected chi connectivity index (χ4v) is 3.87. The van der Waals surface area contributed by atoms with Gasteiger partial charge in [0.2, 0.25) is 5.91 Å². The zero-order valence-electron chi connectivity index (χ0n) is 9.95. The SMILES string of the molecule is O=C(O)[C@@H]1[C@H]2C=C[C@@H]([C@H]3C[C@H]23)[C@@H]1C(=O)NCCO. The zero-order valence-corrected chi connectivity index (χ0v) is 9.95. The Morgan fingerprint density at radius 2 is 1.78 bits per heavy atom. The first-order valence-electron chi connectivity index (χ1n) is 6.45. The van der Waals surface area contributed by atoms with Crippen molar-refractivity contribution in [1.82, 2.24) is 5.32 Å². The molecule has 0 saturated heterocycles. The highest BCUT2D eigenvalue weighted by atomic mass is 16.4. The van der Waals surface area contributed by atoms with Gasteiger partial charge in [-0.15, -0.1) is 0 Å². The van der Waals surface area contributed by atoms with Gasteiger partial charge in [0.25, 0.3) is 0 Å². The molecule has 0 unspecified atom stereocenters. The number of rotatable bonds is 4. The Labute approximate surface area is 105 Å². The Hall–Kier alpha value is -1.36. The van der Waals surface area contributed by atoms with Crippen molar-refractivity contribution in [3.63, 3.8) is 0 Å². The summed E-state index contributed by atoms with van der Waals surface area (Å²) in [5.41, 5.74) is 0. The molecular weight excluding hydrogens is 234 g/mol. The second-order valence-electron chi connectivity index (χ2n) is 5.51. The van der Waals surface area contributed by atoms with Gasteiger partial charge >= 0.3 is 5.97 Å². The predicted octanol–water partition coefficient (Wildman–Crippen LogP) is -0.136. The summed E-state index contributed by atoms with van der Waals surface area (Å²) in [7, 11) is 0. The number of allylic oxidation sites excluding steroid dienone is 2. The minimum atomic E-state index is -0.871. The van der Waals surface area contributed by atoms with E-state index in [9.17, 15) is 14.7 Å². The summed E-state index contributed by atoms with van der Waals surface area (Å²) in [5, 5.41) is 20.7. The van der Waals surface area contributed by atoms with Crippen molar-refractivity contribution < 1.29 is 19.8 Å². The van der Waals surface area contributed by atoms with Crippen LogP contribution in [0.25, 0.3) is 0 Å². The lowest BCUT2D eigenvalue weighted by molar-refractivity contribution is -0.153. The van der Waals surface area contributed by atoms with Crippen LogP contribution in [0.15, 0.2) is 12.2 Å². The topological polar surface area (TPSA) is 86.6 Å². The van der Waals surface area contributed by atoms with E-state index >= 15 is 0 Å². The third-order valence-corrected chi connectivity index (χ3v) is 4.65. The first-order valence-corrected chi connectivity index (χ1v) is 6.45. The van der Waals surface area contributed by atoms with E-state index in [-0.39, 0.29) is 30.9 Å². The van der Waals surface area contributed by atoms with Gasteiger partial charge in [0.05, 0.1) is 18.4 Å². The molecule has 4 aliphatic rings.